The van der Waals surface area contributed by atoms with Gasteiger partial charge in [0.25, 0.3) is 0 Å². The lowest BCUT2D eigenvalue weighted by Crippen LogP contribution is -1.83. The summed E-state index contributed by atoms with van der Waals surface area (Å²) in [5, 5.41) is 0. The molecule has 1 N–H and O–H groups in total. The Morgan fingerprint density at radius 3 is 3.06 bits per heavy atom. The smallest absolute Gasteiger partial charge is 0.178 e. The first-order valence-corrected chi connectivity index (χ1v) is 7.39. The van der Waals surface area contributed by atoms with Crippen LogP contribution >= 0.6 is 23.1 Å². The summed E-state index contributed by atoms with van der Waals surface area (Å²) in [7, 11) is 1.68. The molecule has 0 aliphatic carbocycles. The lowest BCUT2D eigenvalue weighted by molar-refractivity contribution is 0.417. The molecule has 0 aliphatic heterocycles. The Kier molecular flexibility index (Phi) is 2.97. The molecule has 4 nitrogen and oxygen atoms in total. The molecule has 92 valence electrons. The van der Waals surface area contributed by atoms with Crippen molar-refractivity contribution in [1.29, 1.82) is 0 Å². The predicted molar refractivity (Wildman–Crippen MR) is 75.5 cm³/mol. The number of hydrogen-bond acceptors (Lipinski definition) is 5. The number of pyridine rings is 1. The third kappa shape index (κ3) is 1.87. The fourth-order valence-electron chi connectivity index (χ4n) is 1.72. The molecular weight excluding hydrogens is 266 g/mol. The van der Waals surface area contributed by atoms with Gasteiger partial charge in [-0.2, -0.15) is 0 Å². The maximum atomic E-state index is 5.39. The molecule has 3 aromatic rings. The zero-order chi connectivity index (χ0) is 12.5. The molecule has 0 amide bonds. The molecule has 0 bridgehead atoms. The molecule has 0 radical (unpaired) electrons. The highest BCUT2D eigenvalue weighted by Gasteiger charge is 2.15. The number of H-pyrrole nitrogens is 1. The van der Waals surface area contributed by atoms with Gasteiger partial charge in [-0.05, 0) is 18.4 Å². The van der Waals surface area contributed by atoms with Crippen molar-refractivity contribution < 1.29 is 4.74 Å². The Morgan fingerprint density at radius 1 is 1.44 bits per heavy atom. The van der Waals surface area contributed by atoms with E-state index in [1.54, 1.807) is 36.4 Å². The van der Waals surface area contributed by atoms with Gasteiger partial charge in [0.05, 0.1) is 16.8 Å². The lowest BCUT2D eigenvalue weighted by Gasteiger charge is -1.97. The second-order valence-corrected chi connectivity index (χ2v) is 5.79. The second kappa shape index (κ2) is 4.62. The highest BCUT2D eigenvalue weighted by atomic mass is 32.2. The Morgan fingerprint density at radius 2 is 2.33 bits per heavy atom. The summed E-state index contributed by atoms with van der Waals surface area (Å²) in [5.41, 5.74) is 1.67. The minimum Gasteiger partial charge on any atom is -0.495 e. The Hall–Kier alpha value is -1.53. The van der Waals surface area contributed by atoms with Crippen LogP contribution in [-0.2, 0) is 0 Å². The standard InChI is InChI=1S/C12H11N3OS2/c1-16-8-6-9(17-2)18-10(8)12-14-7-4-3-5-13-11(7)15-12/h3-6H,1-2H3,(H,13,14,15). The summed E-state index contributed by atoms with van der Waals surface area (Å²) in [6.07, 6.45) is 3.79. The normalized spacial score (nSPS) is 11.0. The number of fused-ring (bicyclic) bond motifs is 1. The van der Waals surface area contributed by atoms with Crippen LogP contribution in [0.2, 0.25) is 0 Å². The number of thiophene rings is 1. The molecule has 0 saturated carbocycles. The van der Waals surface area contributed by atoms with Crippen molar-refractivity contribution in [2.45, 2.75) is 4.21 Å². The zero-order valence-electron chi connectivity index (χ0n) is 9.93. The third-order valence-corrected chi connectivity index (χ3v) is 4.76. The van der Waals surface area contributed by atoms with Gasteiger partial charge in [0, 0.05) is 12.3 Å². The molecule has 0 saturated heterocycles. The van der Waals surface area contributed by atoms with Crippen LogP contribution in [0.4, 0.5) is 0 Å². The average molecular weight is 277 g/mol. The Bertz CT molecular complexity index is 657. The van der Waals surface area contributed by atoms with Gasteiger partial charge in [0.1, 0.15) is 10.6 Å². The van der Waals surface area contributed by atoms with Gasteiger partial charge in [-0.15, -0.1) is 23.1 Å². The number of nitrogens with one attached hydrogen (secondary N) is 1. The lowest BCUT2D eigenvalue weighted by atomic mass is 10.4. The molecule has 0 aliphatic rings. The summed E-state index contributed by atoms with van der Waals surface area (Å²) < 4.78 is 6.60. The Balaban J connectivity index is 2.15. The van der Waals surface area contributed by atoms with Crippen LogP contribution in [0.25, 0.3) is 21.9 Å². The van der Waals surface area contributed by atoms with Crippen LogP contribution in [0.5, 0.6) is 5.75 Å². The number of thioether (sulfide) groups is 1. The van der Waals surface area contributed by atoms with E-state index in [0.717, 1.165) is 27.6 Å². The molecule has 0 atom stereocenters. The van der Waals surface area contributed by atoms with E-state index < -0.39 is 0 Å². The van der Waals surface area contributed by atoms with Crippen molar-refractivity contribution in [2.24, 2.45) is 0 Å². The van der Waals surface area contributed by atoms with E-state index >= 15 is 0 Å². The van der Waals surface area contributed by atoms with Gasteiger partial charge in [-0.25, -0.2) is 9.97 Å². The molecule has 3 heterocycles. The molecule has 18 heavy (non-hydrogen) atoms. The van der Waals surface area contributed by atoms with Crippen molar-refractivity contribution in [3.05, 3.63) is 24.4 Å². The molecule has 3 aromatic heterocycles. The van der Waals surface area contributed by atoms with Gasteiger partial charge in [-0.3, -0.25) is 0 Å². The molecule has 6 heteroatoms. The highest BCUT2D eigenvalue weighted by Crippen LogP contribution is 2.40. The van der Waals surface area contributed by atoms with E-state index in [0.29, 0.717) is 0 Å². The number of aromatic amines is 1. The number of nitrogens with zero attached hydrogens (tertiary/aromatic N) is 2. The Labute approximate surface area is 112 Å². The van der Waals surface area contributed by atoms with Crippen molar-refractivity contribution >= 4 is 34.3 Å². The fourth-order valence-corrected chi connectivity index (χ4v) is 3.33. The first-order chi connectivity index (χ1) is 8.81. The summed E-state index contributed by atoms with van der Waals surface area (Å²) >= 11 is 3.37. The summed E-state index contributed by atoms with van der Waals surface area (Å²) in [4.78, 5) is 13.0. The number of hydrogen-bond donors (Lipinski definition) is 1. The van der Waals surface area contributed by atoms with Crippen LogP contribution in [-0.4, -0.2) is 28.3 Å². The fraction of sp³-hybridized carbons (Fsp3) is 0.167. The largest absolute Gasteiger partial charge is 0.495 e. The second-order valence-electron chi connectivity index (χ2n) is 3.63. The molecule has 0 spiro atoms. The van der Waals surface area contributed by atoms with Crippen molar-refractivity contribution in [3.63, 3.8) is 0 Å². The van der Waals surface area contributed by atoms with Gasteiger partial charge in [-0.1, -0.05) is 0 Å². The van der Waals surface area contributed by atoms with Crippen LogP contribution < -0.4 is 4.74 Å². The van der Waals surface area contributed by atoms with Crippen molar-refractivity contribution in [3.8, 4) is 16.5 Å². The molecule has 3 rings (SSSR count). The number of methoxy groups -OCH3 is 1. The first kappa shape index (κ1) is 11.6. The van der Waals surface area contributed by atoms with Crippen LogP contribution in [0.15, 0.2) is 28.6 Å². The van der Waals surface area contributed by atoms with E-state index in [9.17, 15) is 0 Å². The predicted octanol–water partition coefficient (Wildman–Crippen LogP) is 3.42. The SMILES string of the molecule is COc1cc(SC)sc1-c1nc2ncccc2[nH]1. The van der Waals surface area contributed by atoms with Crippen molar-refractivity contribution in [1.82, 2.24) is 15.0 Å². The maximum absolute atomic E-state index is 5.39. The third-order valence-electron chi connectivity index (χ3n) is 2.57. The summed E-state index contributed by atoms with van der Waals surface area (Å²) in [6.45, 7) is 0. The van der Waals surface area contributed by atoms with Gasteiger partial charge >= 0.3 is 0 Å². The minimum absolute atomic E-state index is 0.730. The van der Waals surface area contributed by atoms with E-state index in [1.807, 2.05) is 18.2 Å². The van der Waals surface area contributed by atoms with Crippen LogP contribution in [0.1, 0.15) is 0 Å². The average Bonchev–Trinajstić information content (AvgIpc) is 3.01. The number of ether oxygens (including phenoxy) is 1. The minimum atomic E-state index is 0.730. The monoisotopic (exact) mass is 277 g/mol. The summed E-state index contributed by atoms with van der Waals surface area (Å²) in [5.74, 6) is 1.66. The van der Waals surface area contributed by atoms with E-state index in [4.69, 9.17) is 4.74 Å². The van der Waals surface area contributed by atoms with E-state index in [1.165, 1.54) is 4.21 Å². The van der Waals surface area contributed by atoms with E-state index in [-0.39, 0.29) is 0 Å². The molecule has 0 fully saturated rings. The van der Waals surface area contributed by atoms with Gasteiger partial charge < -0.3 is 9.72 Å². The van der Waals surface area contributed by atoms with Gasteiger partial charge in [0.2, 0.25) is 0 Å². The van der Waals surface area contributed by atoms with Crippen LogP contribution in [0.3, 0.4) is 0 Å². The first-order valence-electron chi connectivity index (χ1n) is 5.34. The van der Waals surface area contributed by atoms with Gasteiger partial charge in [0.15, 0.2) is 11.5 Å². The number of aromatic nitrogens is 3. The number of rotatable bonds is 3. The van der Waals surface area contributed by atoms with Crippen molar-refractivity contribution in [2.75, 3.05) is 13.4 Å². The maximum Gasteiger partial charge on any atom is 0.178 e. The van der Waals surface area contributed by atoms with E-state index in [2.05, 4.69) is 21.2 Å². The molecule has 0 aromatic carbocycles. The zero-order valence-corrected chi connectivity index (χ0v) is 11.6. The summed E-state index contributed by atoms with van der Waals surface area (Å²) in [6, 6.07) is 5.89. The molecule has 0 unspecified atom stereocenters. The highest BCUT2D eigenvalue weighted by molar-refractivity contribution is 8.00. The quantitative estimate of drug-likeness (QED) is 0.745. The topological polar surface area (TPSA) is 50.8 Å². The van der Waals surface area contributed by atoms with Crippen LogP contribution in [0, 0.1) is 0 Å². The number of imidazole rings is 1. The molecular formula is C12H11N3OS2.